The van der Waals surface area contributed by atoms with E-state index < -0.39 is 0 Å². The first-order valence-corrected chi connectivity index (χ1v) is 4.76. The average molecular weight is 194 g/mol. The Morgan fingerprint density at radius 3 is 2.43 bits per heavy atom. The molecule has 0 aliphatic carbocycles. The molecule has 0 aliphatic heterocycles. The van der Waals surface area contributed by atoms with E-state index in [1.165, 1.54) is 0 Å². The largest absolute Gasteiger partial charge is 0.362 e. The second-order valence-electron chi connectivity index (χ2n) is 4.20. The molecule has 1 aromatic rings. The van der Waals surface area contributed by atoms with Gasteiger partial charge in [0.25, 0.3) is 0 Å². The molecular weight excluding hydrogens is 176 g/mol. The number of anilines is 1. The van der Waals surface area contributed by atoms with Crippen LogP contribution in [0.25, 0.3) is 0 Å². The Hall–Kier alpha value is -1.16. The van der Waals surface area contributed by atoms with Gasteiger partial charge in [-0.3, -0.25) is 0 Å². The monoisotopic (exact) mass is 194 g/mol. The highest BCUT2D eigenvalue weighted by atomic mass is 15.2. The van der Waals surface area contributed by atoms with Gasteiger partial charge >= 0.3 is 0 Å². The molecule has 0 amide bonds. The smallest absolute Gasteiger partial charge is 0.149 e. The van der Waals surface area contributed by atoms with Gasteiger partial charge in [-0.15, -0.1) is 5.10 Å². The first-order valence-electron chi connectivity index (χ1n) is 4.76. The Morgan fingerprint density at radius 1 is 1.36 bits per heavy atom. The van der Waals surface area contributed by atoms with Gasteiger partial charge in [-0.2, -0.15) is 5.10 Å². The van der Waals surface area contributed by atoms with Gasteiger partial charge in [-0.25, -0.2) is 0 Å². The molecule has 14 heavy (non-hydrogen) atoms. The van der Waals surface area contributed by atoms with Gasteiger partial charge in [0.1, 0.15) is 5.82 Å². The van der Waals surface area contributed by atoms with Crippen molar-refractivity contribution in [2.75, 3.05) is 5.32 Å². The Morgan fingerprint density at radius 2 is 2.00 bits per heavy atom. The molecule has 1 heterocycles. The fraction of sp³-hybridized carbons (Fsp3) is 0.600. The molecule has 1 unspecified atom stereocenters. The summed E-state index contributed by atoms with van der Waals surface area (Å²) >= 11 is 0. The predicted octanol–water partition coefficient (Wildman–Crippen LogP) is 1.32. The van der Waals surface area contributed by atoms with Gasteiger partial charge in [0.15, 0.2) is 0 Å². The van der Waals surface area contributed by atoms with E-state index in [1.54, 1.807) is 0 Å². The van der Waals surface area contributed by atoms with E-state index in [2.05, 4.69) is 15.5 Å². The Balaban J connectivity index is 2.74. The Kier molecular flexibility index (Phi) is 3.06. The third kappa shape index (κ3) is 2.67. The fourth-order valence-corrected chi connectivity index (χ4v) is 0.910. The van der Waals surface area contributed by atoms with Crippen molar-refractivity contribution in [3.05, 3.63) is 17.8 Å². The zero-order valence-electron chi connectivity index (χ0n) is 9.20. The number of hydrogen-bond acceptors (Lipinski definition) is 4. The van der Waals surface area contributed by atoms with Crippen LogP contribution in [0.3, 0.4) is 0 Å². The lowest BCUT2D eigenvalue weighted by atomic mass is 9.97. The van der Waals surface area contributed by atoms with Crippen molar-refractivity contribution in [1.29, 1.82) is 0 Å². The highest BCUT2D eigenvalue weighted by Crippen LogP contribution is 2.14. The van der Waals surface area contributed by atoms with E-state index >= 15 is 0 Å². The summed E-state index contributed by atoms with van der Waals surface area (Å²) in [6.07, 6.45) is 0. The van der Waals surface area contributed by atoms with Crippen LogP contribution in [0.1, 0.15) is 26.5 Å². The molecule has 0 aromatic carbocycles. The maximum atomic E-state index is 5.84. The number of rotatable bonds is 3. The van der Waals surface area contributed by atoms with E-state index in [1.807, 2.05) is 39.8 Å². The zero-order chi connectivity index (χ0) is 10.8. The molecule has 0 radical (unpaired) electrons. The molecule has 3 N–H and O–H groups in total. The summed E-state index contributed by atoms with van der Waals surface area (Å²) in [6.45, 7) is 7.96. The van der Waals surface area contributed by atoms with E-state index in [4.69, 9.17) is 5.73 Å². The number of nitrogens with two attached hydrogens (primary N) is 1. The second kappa shape index (κ2) is 3.92. The topological polar surface area (TPSA) is 63.8 Å². The molecule has 0 aliphatic rings. The van der Waals surface area contributed by atoms with Crippen LogP contribution in [0.2, 0.25) is 0 Å². The maximum absolute atomic E-state index is 5.84. The van der Waals surface area contributed by atoms with Gasteiger partial charge < -0.3 is 11.1 Å². The van der Waals surface area contributed by atoms with E-state index in [0.717, 1.165) is 11.5 Å². The lowest BCUT2D eigenvalue weighted by molar-refractivity contribution is 0.468. The van der Waals surface area contributed by atoms with Crippen LogP contribution < -0.4 is 11.1 Å². The van der Waals surface area contributed by atoms with Crippen molar-refractivity contribution in [2.24, 2.45) is 5.73 Å². The number of nitrogens with one attached hydrogen (secondary N) is 1. The van der Waals surface area contributed by atoms with Crippen molar-refractivity contribution in [3.63, 3.8) is 0 Å². The summed E-state index contributed by atoms with van der Waals surface area (Å²) in [5.41, 5.74) is 6.57. The number of aromatic nitrogens is 2. The minimum atomic E-state index is -0.177. The molecule has 78 valence electrons. The first kappa shape index (κ1) is 10.9. The third-order valence-corrected chi connectivity index (χ3v) is 2.39. The van der Waals surface area contributed by atoms with E-state index in [-0.39, 0.29) is 11.6 Å². The summed E-state index contributed by atoms with van der Waals surface area (Å²) in [5, 5.41) is 11.2. The molecule has 0 fully saturated rings. The molecular formula is C10H18N4. The average Bonchev–Trinajstić information content (AvgIpc) is 2.08. The van der Waals surface area contributed by atoms with Crippen LogP contribution in [-0.4, -0.2) is 21.8 Å². The standard InChI is InChI=1S/C10H18N4/c1-7-5-6-9(14-13-7)12-10(3,4)8(2)11/h5-6,8H,11H2,1-4H3,(H,12,14). The number of hydrogen-bond donors (Lipinski definition) is 2. The lowest BCUT2D eigenvalue weighted by Gasteiger charge is -2.30. The molecule has 1 rings (SSSR count). The van der Waals surface area contributed by atoms with Crippen LogP contribution in [0.15, 0.2) is 12.1 Å². The van der Waals surface area contributed by atoms with E-state index in [9.17, 15) is 0 Å². The second-order valence-corrected chi connectivity index (χ2v) is 4.20. The summed E-state index contributed by atoms with van der Waals surface area (Å²) in [7, 11) is 0. The normalized spacial score (nSPS) is 13.8. The summed E-state index contributed by atoms with van der Waals surface area (Å²) in [6, 6.07) is 3.88. The van der Waals surface area contributed by atoms with Crippen LogP contribution in [0.4, 0.5) is 5.82 Å². The van der Waals surface area contributed by atoms with Gasteiger partial charge in [-0.1, -0.05) is 0 Å². The molecule has 0 saturated carbocycles. The highest BCUT2D eigenvalue weighted by Gasteiger charge is 2.22. The van der Waals surface area contributed by atoms with Crippen molar-refractivity contribution >= 4 is 5.82 Å². The summed E-state index contributed by atoms with van der Waals surface area (Å²) in [4.78, 5) is 0. The molecule has 0 spiro atoms. The molecule has 0 bridgehead atoms. The van der Waals surface area contributed by atoms with Crippen LogP contribution in [-0.2, 0) is 0 Å². The molecule has 1 aromatic heterocycles. The van der Waals surface area contributed by atoms with Crippen LogP contribution in [0, 0.1) is 6.92 Å². The minimum Gasteiger partial charge on any atom is -0.362 e. The SMILES string of the molecule is Cc1ccc(NC(C)(C)C(C)N)nn1. The van der Waals surface area contributed by atoms with Crippen molar-refractivity contribution in [3.8, 4) is 0 Å². The van der Waals surface area contributed by atoms with E-state index in [0.29, 0.717) is 0 Å². The molecule has 4 heteroatoms. The van der Waals surface area contributed by atoms with Gasteiger partial charge in [0.2, 0.25) is 0 Å². The number of nitrogens with zero attached hydrogens (tertiary/aromatic N) is 2. The Labute approximate surface area is 84.9 Å². The van der Waals surface area contributed by atoms with Gasteiger partial charge in [0, 0.05) is 11.6 Å². The third-order valence-electron chi connectivity index (χ3n) is 2.39. The molecule has 1 atom stereocenters. The van der Waals surface area contributed by atoms with Crippen molar-refractivity contribution < 1.29 is 0 Å². The minimum absolute atomic E-state index is 0.0469. The Bertz CT molecular complexity index is 289. The first-order chi connectivity index (χ1) is 6.42. The van der Waals surface area contributed by atoms with Gasteiger partial charge in [0.05, 0.1) is 5.69 Å². The van der Waals surface area contributed by atoms with Crippen molar-refractivity contribution in [1.82, 2.24) is 10.2 Å². The fourth-order valence-electron chi connectivity index (χ4n) is 0.910. The molecule has 0 saturated heterocycles. The quantitative estimate of drug-likeness (QED) is 0.761. The summed E-state index contributed by atoms with van der Waals surface area (Å²) in [5.74, 6) is 0.762. The maximum Gasteiger partial charge on any atom is 0.149 e. The van der Waals surface area contributed by atoms with Crippen molar-refractivity contribution in [2.45, 2.75) is 39.3 Å². The van der Waals surface area contributed by atoms with Crippen LogP contribution >= 0.6 is 0 Å². The highest BCUT2D eigenvalue weighted by molar-refractivity contribution is 5.36. The number of aryl methyl sites for hydroxylation is 1. The van der Waals surface area contributed by atoms with Crippen LogP contribution in [0.5, 0.6) is 0 Å². The summed E-state index contributed by atoms with van der Waals surface area (Å²) < 4.78 is 0. The lowest BCUT2D eigenvalue weighted by Crippen LogP contribution is -2.47. The predicted molar refractivity (Wildman–Crippen MR) is 58.1 cm³/mol. The zero-order valence-corrected chi connectivity index (χ0v) is 9.20. The van der Waals surface area contributed by atoms with Gasteiger partial charge in [-0.05, 0) is 39.8 Å². The molecule has 4 nitrogen and oxygen atoms in total.